The molecule has 4 nitrogen and oxygen atoms in total. The van der Waals surface area contributed by atoms with Gasteiger partial charge in [-0.15, -0.1) is 24.8 Å². The van der Waals surface area contributed by atoms with E-state index >= 15 is 0 Å². The number of carbonyl (C=O) groups excluding carboxylic acids is 1. The van der Waals surface area contributed by atoms with E-state index in [1.807, 2.05) is 18.2 Å². The highest BCUT2D eigenvalue weighted by Gasteiger charge is 2.18. The molecule has 124 valence electrons. The average molecular weight is 346 g/mol. The largest absolute Gasteiger partial charge is 0.348 e. The summed E-state index contributed by atoms with van der Waals surface area (Å²) in [6, 6.07) is 8.34. The van der Waals surface area contributed by atoms with Crippen molar-refractivity contribution in [3.8, 4) is 0 Å². The molecule has 2 aliphatic rings. The Balaban J connectivity index is 0.00000121. The molecule has 1 unspecified atom stereocenters. The quantitative estimate of drug-likeness (QED) is 0.879. The van der Waals surface area contributed by atoms with E-state index in [4.69, 9.17) is 0 Å². The second-order valence-electron chi connectivity index (χ2n) is 5.85. The SMILES string of the molecule is Cl.Cl.O=C(NC1CCNC1)c1cccc(CN2CCCC2)c1. The van der Waals surface area contributed by atoms with Gasteiger partial charge in [0.1, 0.15) is 0 Å². The van der Waals surface area contributed by atoms with Gasteiger partial charge in [-0.25, -0.2) is 0 Å². The number of amides is 1. The molecule has 0 radical (unpaired) electrons. The third kappa shape index (κ3) is 5.13. The highest BCUT2D eigenvalue weighted by atomic mass is 35.5. The molecular weight excluding hydrogens is 321 g/mol. The number of hydrogen-bond donors (Lipinski definition) is 2. The molecule has 0 spiro atoms. The number of likely N-dealkylation sites (tertiary alicyclic amines) is 1. The molecule has 2 aliphatic heterocycles. The van der Waals surface area contributed by atoms with Gasteiger partial charge in [0.2, 0.25) is 0 Å². The molecule has 2 fully saturated rings. The summed E-state index contributed by atoms with van der Waals surface area (Å²) < 4.78 is 0. The van der Waals surface area contributed by atoms with Crippen LogP contribution in [0.15, 0.2) is 24.3 Å². The number of rotatable bonds is 4. The molecule has 1 aromatic carbocycles. The summed E-state index contributed by atoms with van der Waals surface area (Å²) in [4.78, 5) is 14.7. The fourth-order valence-corrected chi connectivity index (χ4v) is 3.06. The second-order valence-corrected chi connectivity index (χ2v) is 5.85. The Labute approximate surface area is 144 Å². The van der Waals surface area contributed by atoms with Gasteiger partial charge in [0.05, 0.1) is 0 Å². The first-order valence-corrected chi connectivity index (χ1v) is 7.64. The van der Waals surface area contributed by atoms with E-state index in [9.17, 15) is 4.79 Å². The topological polar surface area (TPSA) is 44.4 Å². The Kier molecular flexibility index (Phi) is 8.18. The van der Waals surface area contributed by atoms with E-state index < -0.39 is 0 Å². The smallest absolute Gasteiger partial charge is 0.251 e. The van der Waals surface area contributed by atoms with Gasteiger partial charge >= 0.3 is 0 Å². The minimum atomic E-state index is 0. The molecule has 1 aromatic rings. The number of nitrogens with one attached hydrogen (secondary N) is 2. The van der Waals surface area contributed by atoms with Crippen LogP contribution in [0, 0.1) is 0 Å². The molecular formula is C16H25Cl2N3O. The molecule has 0 saturated carbocycles. The van der Waals surface area contributed by atoms with E-state index in [2.05, 4.69) is 21.6 Å². The number of hydrogen-bond acceptors (Lipinski definition) is 3. The molecule has 2 saturated heterocycles. The predicted molar refractivity (Wildman–Crippen MR) is 94.2 cm³/mol. The van der Waals surface area contributed by atoms with Gasteiger partial charge in [-0.1, -0.05) is 12.1 Å². The molecule has 2 N–H and O–H groups in total. The van der Waals surface area contributed by atoms with Crippen molar-refractivity contribution in [3.63, 3.8) is 0 Å². The van der Waals surface area contributed by atoms with Crippen LogP contribution in [-0.4, -0.2) is 43.0 Å². The van der Waals surface area contributed by atoms with Gasteiger partial charge in [0.15, 0.2) is 0 Å². The van der Waals surface area contributed by atoms with Gasteiger partial charge < -0.3 is 10.6 Å². The van der Waals surface area contributed by atoms with Crippen LogP contribution in [0.2, 0.25) is 0 Å². The third-order valence-corrected chi connectivity index (χ3v) is 4.19. The lowest BCUT2D eigenvalue weighted by Gasteiger charge is -2.16. The van der Waals surface area contributed by atoms with Crippen molar-refractivity contribution >= 4 is 30.7 Å². The van der Waals surface area contributed by atoms with Crippen molar-refractivity contribution in [2.45, 2.75) is 31.8 Å². The van der Waals surface area contributed by atoms with Crippen LogP contribution in [0.1, 0.15) is 35.2 Å². The predicted octanol–water partition coefficient (Wildman–Crippen LogP) is 2.22. The summed E-state index contributed by atoms with van der Waals surface area (Å²) in [7, 11) is 0. The van der Waals surface area contributed by atoms with Crippen LogP contribution in [0.3, 0.4) is 0 Å². The summed E-state index contributed by atoms with van der Waals surface area (Å²) in [6.07, 6.45) is 3.63. The van der Waals surface area contributed by atoms with Gasteiger partial charge in [-0.05, 0) is 56.6 Å². The van der Waals surface area contributed by atoms with Crippen molar-refractivity contribution < 1.29 is 4.79 Å². The molecule has 1 amide bonds. The zero-order valence-electron chi connectivity index (χ0n) is 12.7. The van der Waals surface area contributed by atoms with Crippen molar-refractivity contribution in [2.75, 3.05) is 26.2 Å². The van der Waals surface area contributed by atoms with Crippen LogP contribution < -0.4 is 10.6 Å². The summed E-state index contributed by atoms with van der Waals surface area (Å²) in [5.74, 6) is 0.0574. The molecule has 1 atom stereocenters. The van der Waals surface area contributed by atoms with Crippen molar-refractivity contribution in [2.24, 2.45) is 0 Å². The minimum absolute atomic E-state index is 0. The van der Waals surface area contributed by atoms with Gasteiger partial charge in [0, 0.05) is 24.7 Å². The summed E-state index contributed by atoms with van der Waals surface area (Å²) in [5, 5.41) is 6.37. The lowest BCUT2D eigenvalue weighted by atomic mass is 10.1. The van der Waals surface area contributed by atoms with Crippen molar-refractivity contribution in [3.05, 3.63) is 35.4 Å². The van der Waals surface area contributed by atoms with Crippen molar-refractivity contribution in [1.29, 1.82) is 0 Å². The summed E-state index contributed by atoms with van der Waals surface area (Å²) in [6.45, 7) is 5.22. The summed E-state index contributed by atoms with van der Waals surface area (Å²) >= 11 is 0. The maximum Gasteiger partial charge on any atom is 0.251 e. The van der Waals surface area contributed by atoms with Crippen LogP contribution in [-0.2, 0) is 6.54 Å². The summed E-state index contributed by atoms with van der Waals surface area (Å²) in [5.41, 5.74) is 2.03. The molecule has 6 heteroatoms. The van der Waals surface area contributed by atoms with Gasteiger partial charge in [0.25, 0.3) is 5.91 Å². The first kappa shape index (κ1) is 19.2. The van der Waals surface area contributed by atoms with E-state index in [0.717, 1.165) is 31.6 Å². The molecule has 0 aliphatic carbocycles. The number of nitrogens with zero attached hydrogens (tertiary/aromatic N) is 1. The molecule has 3 rings (SSSR count). The maximum atomic E-state index is 12.2. The number of benzene rings is 1. The normalized spacial score (nSPS) is 21.0. The van der Waals surface area contributed by atoms with Crippen LogP contribution >= 0.6 is 24.8 Å². The standard InChI is InChI=1S/C16H23N3O.2ClH/c20-16(18-15-6-7-17-11-15)14-5-3-4-13(10-14)12-19-8-1-2-9-19;;/h3-5,10,15,17H,1-2,6-9,11-12H2,(H,18,20);2*1H. The van der Waals surface area contributed by atoms with E-state index in [-0.39, 0.29) is 36.8 Å². The van der Waals surface area contributed by atoms with E-state index in [0.29, 0.717) is 0 Å². The van der Waals surface area contributed by atoms with Crippen LogP contribution in [0.25, 0.3) is 0 Å². The highest BCUT2D eigenvalue weighted by molar-refractivity contribution is 5.94. The van der Waals surface area contributed by atoms with E-state index in [1.165, 1.54) is 31.5 Å². The second kappa shape index (κ2) is 9.36. The fraction of sp³-hybridized carbons (Fsp3) is 0.562. The average Bonchev–Trinajstić information content (AvgIpc) is 3.12. The van der Waals surface area contributed by atoms with Crippen LogP contribution in [0.5, 0.6) is 0 Å². The van der Waals surface area contributed by atoms with Gasteiger partial charge in [-0.2, -0.15) is 0 Å². The molecule has 0 aromatic heterocycles. The van der Waals surface area contributed by atoms with Crippen LogP contribution in [0.4, 0.5) is 0 Å². The number of carbonyl (C=O) groups is 1. The number of halogens is 2. The Morgan fingerprint density at radius 1 is 1.27 bits per heavy atom. The first-order valence-electron chi connectivity index (χ1n) is 7.64. The first-order chi connectivity index (χ1) is 9.81. The molecule has 0 bridgehead atoms. The third-order valence-electron chi connectivity index (χ3n) is 4.19. The maximum absolute atomic E-state index is 12.2. The molecule has 22 heavy (non-hydrogen) atoms. The van der Waals surface area contributed by atoms with E-state index in [1.54, 1.807) is 0 Å². The molecule has 2 heterocycles. The van der Waals surface area contributed by atoms with Gasteiger partial charge in [-0.3, -0.25) is 9.69 Å². The zero-order valence-corrected chi connectivity index (χ0v) is 14.3. The lowest BCUT2D eigenvalue weighted by Crippen LogP contribution is -2.36. The highest BCUT2D eigenvalue weighted by Crippen LogP contribution is 2.14. The lowest BCUT2D eigenvalue weighted by molar-refractivity contribution is 0.0940. The monoisotopic (exact) mass is 345 g/mol. The Morgan fingerprint density at radius 3 is 2.73 bits per heavy atom. The van der Waals surface area contributed by atoms with Crippen molar-refractivity contribution in [1.82, 2.24) is 15.5 Å². The fourth-order valence-electron chi connectivity index (χ4n) is 3.06. The Morgan fingerprint density at radius 2 is 2.05 bits per heavy atom. The zero-order chi connectivity index (χ0) is 13.8. The Bertz CT molecular complexity index is 472. The minimum Gasteiger partial charge on any atom is -0.348 e. The Hall–Kier alpha value is -0.810.